The molecule has 4 nitrogen and oxygen atoms in total. The predicted molar refractivity (Wildman–Crippen MR) is 120 cm³/mol. The largest absolute Gasteiger partial charge is 0.488 e. The highest BCUT2D eigenvalue weighted by molar-refractivity contribution is 6.32. The van der Waals surface area contributed by atoms with Crippen molar-refractivity contribution >= 4 is 23.8 Å². The molecular formula is C24H21ClF4N2O2. The molecule has 0 bridgehead atoms. The lowest BCUT2D eigenvalue weighted by molar-refractivity contribution is -0.251. The number of nitrogens with zero attached hydrogens (tertiary/aromatic N) is 2. The number of alkyl halides is 3. The van der Waals surface area contributed by atoms with Gasteiger partial charge in [0.1, 0.15) is 18.2 Å². The van der Waals surface area contributed by atoms with Crippen molar-refractivity contribution in [1.29, 1.82) is 0 Å². The van der Waals surface area contributed by atoms with Crippen LogP contribution in [0, 0.1) is 12.7 Å². The average Bonchev–Trinajstić information content (AvgIpc) is 3.16. The number of rotatable bonds is 7. The van der Waals surface area contributed by atoms with E-state index in [1.807, 2.05) is 0 Å². The van der Waals surface area contributed by atoms with Gasteiger partial charge >= 0.3 is 6.18 Å². The monoisotopic (exact) mass is 480 g/mol. The van der Waals surface area contributed by atoms with E-state index in [-0.39, 0.29) is 16.3 Å². The molecule has 174 valence electrons. The van der Waals surface area contributed by atoms with Crippen molar-refractivity contribution in [3.63, 3.8) is 0 Å². The van der Waals surface area contributed by atoms with Gasteiger partial charge in [-0.15, -0.1) is 0 Å². The standard InChI is InChI=1S/C24H21ClF4N2O2/c1-4-21-17(13-30-31(21)19-8-6-18(26)7-9-19)12-16(3)23(32,24(27,28)29)14-33-22-11-15(2)5-10-20(22)25/h4-13,32H,1,14H2,2-3H3/b16-12+. The minimum absolute atomic E-state index is 0.0306. The normalized spacial score (nSPS) is 14.1. The van der Waals surface area contributed by atoms with Crippen LogP contribution in [0.15, 0.2) is 60.8 Å². The minimum Gasteiger partial charge on any atom is -0.488 e. The van der Waals surface area contributed by atoms with Crippen molar-refractivity contribution < 1.29 is 27.4 Å². The summed E-state index contributed by atoms with van der Waals surface area (Å²) in [5, 5.41) is 15.0. The van der Waals surface area contributed by atoms with Crippen LogP contribution in [0.1, 0.15) is 23.7 Å². The molecule has 1 aromatic heterocycles. The molecule has 0 amide bonds. The molecule has 3 aromatic rings. The molecule has 0 saturated heterocycles. The number of ether oxygens (including phenoxy) is 1. The van der Waals surface area contributed by atoms with Crippen LogP contribution >= 0.6 is 11.6 Å². The summed E-state index contributed by atoms with van der Waals surface area (Å²) in [6, 6.07) is 10.1. The van der Waals surface area contributed by atoms with Crippen molar-refractivity contribution in [1.82, 2.24) is 9.78 Å². The molecule has 3 rings (SSSR count). The number of aromatic nitrogens is 2. The van der Waals surface area contributed by atoms with E-state index >= 15 is 0 Å². The molecule has 9 heteroatoms. The topological polar surface area (TPSA) is 47.3 Å². The Hall–Kier alpha value is -3.10. The third kappa shape index (κ3) is 5.12. The SMILES string of the molecule is C=Cc1c(/C=C(\C)C(O)(COc2cc(C)ccc2Cl)C(F)(F)F)cnn1-c1ccc(F)cc1. The first-order valence-electron chi connectivity index (χ1n) is 9.79. The molecule has 1 atom stereocenters. The van der Waals surface area contributed by atoms with Crippen LogP contribution in [0.2, 0.25) is 5.02 Å². The van der Waals surface area contributed by atoms with E-state index in [0.717, 1.165) is 12.5 Å². The van der Waals surface area contributed by atoms with Crippen molar-refractivity contribution in [3.8, 4) is 11.4 Å². The summed E-state index contributed by atoms with van der Waals surface area (Å²) in [6.07, 6.45) is -1.13. The van der Waals surface area contributed by atoms with Crippen LogP contribution in [0.4, 0.5) is 17.6 Å². The first-order valence-corrected chi connectivity index (χ1v) is 10.2. The van der Waals surface area contributed by atoms with Gasteiger partial charge in [0.15, 0.2) is 0 Å². The molecule has 0 spiro atoms. The maximum atomic E-state index is 14.0. The summed E-state index contributed by atoms with van der Waals surface area (Å²) >= 11 is 6.01. The van der Waals surface area contributed by atoms with Gasteiger partial charge in [-0.05, 0) is 73.5 Å². The lowest BCUT2D eigenvalue weighted by atomic mass is 9.93. The van der Waals surface area contributed by atoms with Crippen LogP contribution in [-0.4, -0.2) is 33.3 Å². The number of halogens is 5. The van der Waals surface area contributed by atoms with Crippen LogP contribution in [0.3, 0.4) is 0 Å². The second-order valence-electron chi connectivity index (χ2n) is 7.49. The predicted octanol–water partition coefficient (Wildman–Crippen LogP) is 6.39. The molecule has 2 aromatic carbocycles. The molecule has 1 unspecified atom stereocenters. The van der Waals surface area contributed by atoms with Crippen molar-refractivity contribution in [2.24, 2.45) is 0 Å². The zero-order valence-electron chi connectivity index (χ0n) is 17.8. The molecule has 0 aliphatic heterocycles. The van der Waals surface area contributed by atoms with Crippen molar-refractivity contribution in [2.45, 2.75) is 25.6 Å². The highest BCUT2D eigenvalue weighted by atomic mass is 35.5. The van der Waals surface area contributed by atoms with Gasteiger partial charge in [-0.3, -0.25) is 0 Å². The lowest BCUT2D eigenvalue weighted by Crippen LogP contribution is -2.51. The number of benzene rings is 2. The fourth-order valence-electron chi connectivity index (χ4n) is 3.15. The minimum atomic E-state index is -5.04. The van der Waals surface area contributed by atoms with Gasteiger partial charge in [-0.25, -0.2) is 9.07 Å². The molecule has 0 radical (unpaired) electrons. The van der Waals surface area contributed by atoms with E-state index in [1.54, 1.807) is 13.0 Å². The zero-order valence-corrected chi connectivity index (χ0v) is 18.6. The molecule has 0 fully saturated rings. The van der Waals surface area contributed by atoms with Crippen LogP contribution in [0.25, 0.3) is 17.8 Å². The summed E-state index contributed by atoms with van der Waals surface area (Å²) in [5.41, 5.74) is -1.83. The fourth-order valence-corrected chi connectivity index (χ4v) is 3.32. The second-order valence-corrected chi connectivity index (χ2v) is 7.89. The highest BCUT2D eigenvalue weighted by Crippen LogP contribution is 2.38. The third-order valence-corrected chi connectivity index (χ3v) is 5.43. The van der Waals surface area contributed by atoms with E-state index in [1.165, 1.54) is 59.4 Å². The Morgan fingerprint density at radius 1 is 1.21 bits per heavy atom. The van der Waals surface area contributed by atoms with Gasteiger partial charge in [-0.2, -0.15) is 18.3 Å². The number of hydrogen-bond donors (Lipinski definition) is 1. The Kier molecular flexibility index (Phi) is 7.00. The van der Waals surface area contributed by atoms with Crippen LogP contribution < -0.4 is 4.74 Å². The van der Waals surface area contributed by atoms with E-state index in [0.29, 0.717) is 11.4 Å². The van der Waals surface area contributed by atoms with Gasteiger partial charge in [-0.1, -0.05) is 24.2 Å². The smallest absolute Gasteiger partial charge is 0.424 e. The van der Waals surface area contributed by atoms with Gasteiger partial charge in [0, 0.05) is 5.56 Å². The third-order valence-electron chi connectivity index (χ3n) is 5.12. The Morgan fingerprint density at radius 3 is 2.48 bits per heavy atom. The van der Waals surface area contributed by atoms with Gasteiger partial charge < -0.3 is 9.84 Å². The van der Waals surface area contributed by atoms with Gasteiger partial charge in [0.05, 0.1) is 22.6 Å². The van der Waals surface area contributed by atoms with E-state index in [9.17, 15) is 22.7 Å². The summed E-state index contributed by atoms with van der Waals surface area (Å²) in [5.74, 6) is -0.408. The second kappa shape index (κ2) is 9.41. The maximum Gasteiger partial charge on any atom is 0.424 e. The summed E-state index contributed by atoms with van der Waals surface area (Å²) in [4.78, 5) is 0. The Balaban J connectivity index is 1.97. The van der Waals surface area contributed by atoms with Gasteiger partial charge in [0.25, 0.3) is 0 Å². The van der Waals surface area contributed by atoms with Crippen molar-refractivity contribution in [3.05, 3.63) is 88.5 Å². The van der Waals surface area contributed by atoms with E-state index in [4.69, 9.17) is 16.3 Å². The molecule has 0 saturated carbocycles. The Morgan fingerprint density at radius 2 is 1.88 bits per heavy atom. The van der Waals surface area contributed by atoms with Crippen LogP contribution in [0.5, 0.6) is 5.75 Å². The summed E-state index contributed by atoms with van der Waals surface area (Å²) in [7, 11) is 0. The molecule has 1 heterocycles. The number of aliphatic hydroxyl groups is 1. The number of hydrogen-bond acceptors (Lipinski definition) is 3. The Labute approximate surface area is 193 Å². The first-order chi connectivity index (χ1) is 15.5. The molecule has 0 aliphatic rings. The maximum absolute atomic E-state index is 14.0. The van der Waals surface area contributed by atoms with E-state index in [2.05, 4.69) is 11.7 Å². The Bertz CT molecular complexity index is 1190. The fraction of sp³-hybridized carbons (Fsp3) is 0.208. The molecule has 1 N–H and O–H groups in total. The van der Waals surface area contributed by atoms with Crippen molar-refractivity contribution in [2.75, 3.05) is 6.61 Å². The van der Waals surface area contributed by atoms with Gasteiger partial charge in [0.2, 0.25) is 5.60 Å². The summed E-state index contributed by atoms with van der Waals surface area (Å²) < 4.78 is 61.8. The molecule has 33 heavy (non-hydrogen) atoms. The molecular weight excluding hydrogens is 460 g/mol. The first kappa shape index (κ1) is 24.5. The zero-order chi connectivity index (χ0) is 24.4. The lowest BCUT2D eigenvalue weighted by Gasteiger charge is -2.31. The average molecular weight is 481 g/mol. The quantitative estimate of drug-likeness (QED) is 0.398. The van der Waals surface area contributed by atoms with Crippen LogP contribution in [-0.2, 0) is 0 Å². The number of aryl methyl sites for hydroxylation is 1. The summed E-state index contributed by atoms with van der Waals surface area (Å²) in [6.45, 7) is 5.48. The highest BCUT2D eigenvalue weighted by Gasteiger charge is 2.56. The van der Waals surface area contributed by atoms with E-state index < -0.39 is 29.8 Å². The molecule has 0 aliphatic carbocycles.